The van der Waals surface area contributed by atoms with Gasteiger partial charge in [0.2, 0.25) is 5.91 Å². The van der Waals surface area contributed by atoms with Crippen LogP contribution in [0.25, 0.3) is 11.1 Å². The maximum Gasteiger partial charge on any atom is 0.222 e. The molecule has 0 saturated carbocycles. The van der Waals surface area contributed by atoms with Crippen LogP contribution >= 0.6 is 0 Å². The number of piperidine rings is 1. The van der Waals surface area contributed by atoms with Crippen molar-refractivity contribution in [1.29, 1.82) is 0 Å². The van der Waals surface area contributed by atoms with Crippen molar-refractivity contribution in [3.63, 3.8) is 0 Å². The number of hydrogen-bond donors (Lipinski definition) is 1. The van der Waals surface area contributed by atoms with E-state index in [1.54, 1.807) is 18.5 Å². The van der Waals surface area contributed by atoms with Gasteiger partial charge < -0.3 is 9.80 Å². The topological polar surface area (TPSA) is 52.2 Å². The summed E-state index contributed by atoms with van der Waals surface area (Å²) in [5, 5.41) is 6.68. The van der Waals surface area contributed by atoms with E-state index in [-0.39, 0.29) is 5.82 Å². The molecule has 1 aromatic heterocycles. The summed E-state index contributed by atoms with van der Waals surface area (Å²) in [5.41, 5.74) is 2.40. The molecule has 0 radical (unpaired) electrons. The van der Waals surface area contributed by atoms with Crippen molar-refractivity contribution >= 4 is 11.6 Å². The zero-order valence-corrected chi connectivity index (χ0v) is 15.7. The predicted molar refractivity (Wildman–Crippen MR) is 104 cm³/mol. The number of H-pyrrole nitrogens is 1. The lowest BCUT2D eigenvalue weighted by atomic mass is 9.95. The second-order valence-corrected chi connectivity index (χ2v) is 7.73. The van der Waals surface area contributed by atoms with Crippen molar-refractivity contribution in [2.45, 2.75) is 38.5 Å². The highest BCUT2D eigenvalue weighted by Gasteiger charge is 2.25. The Hall–Kier alpha value is -2.37. The lowest BCUT2D eigenvalue weighted by Crippen LogP contribution is -2.41. The number of carbonyl (C=O) groups excluding carboxylic acids is 1. The van der Waals surface area contributed by atoms with Crippen LogP contribution in [0.1, 0.15) is 38.5 Å². The molecule has 0 bridgehead atoms. The van der Waals surface area contributed by atoms with Crippen LogP contribution in [0.5, 0.6) is 0 Å². The van der Waals surface area contributed by atoms with E-state index in [0.717, 1.165) is 69.4 Å². The molecule has 1 aromatic carbocycles. The van der Waals surface area contributed by atoms with Gasteiger partial charge in [-0.2, -0.15) is 5.10 Å². The van der Waals surface area contributed by atoms with E-state index in [2.05, 4.69) is 20.0 Å². The Morgan fingerprint density at radius 1 is 1.11 bits per heavy atom. The van der Waals surface area contributed by atoms with Gasteiger partial charge in [-0.3, -0.25) is 9.89 Å². The minimum Gasteiger partial charge on any atom is -0.369 e. The number of anilines is 1. The largest absolute Gasteiger partial charge is 0.369 e. The van der Waals surface area contributed by atoms with E-state index in [1.807, 2.05) is 12.1 Å². The second-order valence-electron chi connectivity index (χ2n) is 7.73. The second kappa shape index (κ2) is 8.11. The summed E-state index contributed by atoms with van der Waals surface area (Å²) >= 11 is 0. The first-order valence-electron chi connectivity index (χ1n) is 10.0. The van der Waals surface area contributed by atoms with E-state index < -0.39 is 0 Å². The molecule has 0 atom stereocenters. The van der Waals surface area contributed by atoms with Crippen molar-refractivity contribution in [1.82, 2.24) is 15.1 Å². The molecule has 2 aromatic rings. The van der Waals surface area contributed by atoms with Crippen molar-refractivity contribution in [3.8, 4) is 11.1 Å². The molecule has 2 aliphatic heterocycles. The Morgan fingerprint density at radius 2 is 1.96 bits per heavy atom. The Balaban J connectivity index is 1.35. The molecule has 4 rings (SSSR count). The highest BCUT2D eigenvalue weighted by molar-refractivity contribution is 5.76. The van der Waals surface area contributed by atoms with Crippen molar-refractivity contribution < 1.29 is 9.18 Å². The number of nitrogens with one attached hydrogen (secondary N) is 1. The third-order valence-electron chi connectivity index (χ3n) is 5.88. The molecule has 3 heterocycles. The van der Waals surface area contributed by atoms with Crippen LogP contribution in [0.3, 0.4) is 0 Å². The molecule has 144 valence electrons. The average Bonchev–Trinajstić information content (AvgIpc) is 3.15. The number of amides is 1. The van der Waals surface area contributed by atoms with Crippen molar-refractivity contribution in [2.75, 3.05) is 31.1 Å². The number of aromatic amines is 1. The normalized spacial score (nSPS) is 19.4. The summed E-state index contributed by atoms with van der Waals surface area (Å²) in [5.74, 6) is 0.655. The molecule has 2 saturated heterocycles. The molecule has 2 aliphatic rings. The number of nitrogens with zero attached hydrogens (tertiary/aromatic N) is 3. The van der Waals surface area contributed by atoms with Gasteiger partial charge in [0.1, 0.15) is 5.82 Å². The highest BCUT2D eigenvalue weighted by atomic mass is 19.1. The lowest BCUT2D eigenvalue weighted by molar-refractivity contribution is -0.131. The van der Waals surface area contributed by atoms with Crippen LogP contribution in [0.15, 0.2) is 30.6 Å². The predicted octanol–water partition coefficient (Wildman–Crippen LogP) is 3.83. The standard InChI is InChI=1S/C21H27FN4O/c22-19-12-17(18-13-23-24-14-18)5-6-20(19)25-10-7-16(8-11-25)15-26-9-3-1-2-4-21(26)27/h5-6,12-14,16H,1-4,7-11,15H2,(H,23,24). The highest BCUT2D eigenvalue weighted by Crippen LogP contribution is 2.29. The monoisotopic (exact) mass is 370 g/mol. The Bertz CT molecular complexity index is 768. The van der Waals surface area contributed by atoms with Gasteiger partial charge in [-0.1, -0.05) is 12.5 Å². The van der Waals surface area contributed by atoms with Gasteiger partial charge in [-0.15, -0.1) is 0 Å². The summed E-state index contributed by atoms with van der Waals surface area (Å²) in [6.45, 7) is 3.46. The summed E-state index contributed by atoms with van der Waals surface area (Å²) in [4.78, 5) is 16.4. The number of carbonyl (C=O) groups is 1. The summed E-state index contributed by atoms with van der Waals surface area (Å²) in [6, 6.07) is 5.41. The molecule has 6 heteroatoms. The number of benzene rings is 1. The third kappa shape index (κ3) is 4.15. The van der Waals surface area contributed by atoms with Crippen LogP contribution in [0.2, 0.25) is 0 Å². The average molecular weight is 370 g/mol. The molecule has 5 nitrogen and oxygen atoms in total. The summed E-state index contributed by atoms with van der Waals surface area (Å²) < 4.78 is 14.7. The van der Waals surface area contributed by atoms with Gasteiger partial charge in [-0.05, 0) is 49.3 Å². The minimum absolute atomic E-state index is 0.185. The van der Waals surface area contributed by atoms with E-state index in [0.29, 0.717) is 23.9 Å². The summed E-state index contributed by atoms with van der Waals surface area (Å²) in [7, 11) is 0. The Labute approximate surface area is 159 Å². The molecule has 0 spiro atoms. The quantitative estimate of drug-likeness (QED) is 0.890. The van der Waals surface area contributed by atoms with Gasteiger partial charge in [0.15, 0.2) is 0 Å². The fourth-order valence-electron chi connectivity index (χ4n) is 4.25. The third-order valence-corrected chi connectivity index (χ3v) is 5.88. The first-order chi connectivity index (χ1) is 13.2. The van der Waals surface area contributed by atoms with Crippen LogP contribution in [-0.4, -0.2) is 47.2 Å². The van der Waals surface area contributed by atoms with E-state index in [1.165, 1.54) is 0 Å². The first-order valence-corrected chi connectivity index (χ1v) is 10.0. The Morgan fingerprint density at radius 3 is 2.70 bits per heavy atom. The number of aromatic nitrogens is 2. The number of hydrogen-bond acceptors (Lipinski definition) is 3. The minimum atomic E-state index is -0.185. The Kier molecular flexibility index (Phi) is 5.41. The molecule has 2 fully saturated rings. The van der Waals surface area contributed by atoms with Crippen molar-refractivity contribution in [3.05, 3.63) is 36.4 Å². The van der Waals surface area contributed by atoms with Crippen LogP contribution < -0.4 is 4.90 Å². The first kappa shape index (κ1) is 18.0. The SMILES string of the molecule is O=C1CCCCCN1CC1CCN(c2ccc(-c3cn[nH]c3)cc2F)CC1. The fourth-order valence-corrected chi connectivity index (χ4v) is 4.25. The van der Waals surface area contributed by atoms with E-state index in [4.69, 9.17) is 0 Å². The van der Waals surface area contributed by atoms with Gasteiger partial charge in [0.05, 0.1) is 11.9 Å². The number of likely N-dealkylation sites (tertiary alicyclic amines) is 1. The molecule has 0 aliphatic carbocycles. The van der Waals surface area contributed by atoms with Crippen LogP contribution in [0, 0.1) is 11.7 Å². The maximum absolute atomic E-state index is 14.7. The van der Waals surface area contributed by atoms with E-state index >= 15 is 0 Å². The molecule has 1 N–H and O–H groups in total. The van der Waals surface area contributed by atoms with Gasteiger partial charge in [0, 0.05) is 44.4 Å². The van der Waals surface area contributed by atoms with Gasteiger partial charge >= 0.3 is 0 Å². The fraction of sp³-hybridized carbons (Fsp3) is 0.524. The van der Waals surface area contributed by atoms with Gasteiger partial charge in [-0.25, -0.2) is 4.39 Å². The number of halogens is 1. The molecule has 0 unspecified atom stereocenters. The smallest absolute Gasteiger partial charge is 0.222 e. The van der Waals surface area contributed by atoms with Crippen LogP contribution in [0.4, 0.5) is 10.1 Å². The number of rotatable bonds is 4. The molecule has 1 amide bonds. The maximum atomic E-state index is 14.7. The zero-order chi connectivity index (χ0) is 18.6. The lowest BCUT2D eigenvalue weighted by Gasteiger charge is -2.36. The summed E-state index contributed by atoms with van der Waals surface area (Å²) in [6.07, 6.45) is 9.50. The molecule has 27 heavy (non-hydrogen) atoms. The molecular weight excluding hydrogens is 343 g/mol. The zero-order valence-electron chi connectivity index (χ0n) is 15.7. The van der Waals surface area contributed by atoms with Crippen LogP contribution in [-0.2, 0) is 4.79 Å². The van der Waals surface area contributed by atoms with Crippen molar-refractivity contribution in [2.24, 2.45) is 5.92 Å². The molecular formula is C21H27FN4O. The van der Waals surface area contributed by atoms with E-state index in [9.17, 15) is 9.18 Å². The van der Waals surface area contributed by atoms with Gasteiger partial charge in [0.25, 0.3) is 0 Å².